The van der Waals surface area contributed by atoms with Crippen molar-refractivity contribution in [1.29, 1.82) is 0 Å². The van der Waals surface area contributed by atoms with Crippen LogP contribution < -0.4 is 10.5 Å². The summed E-state index contributed by atoms with van der Waals surface area (Å²) in [6.07, 6.45) is 1.22. The third kappa shape index (κ3) is 3.02. The fraction of sp³-hybridized carbons (Fsp3) is 0.333. The van der Waals surface area contributed by atoms with Crippen LogP contribution in [0.3, 0.4) is 0 Å². The lowest BCUT2D eigenvalue weighted by Gasteiger charge is -2.08. The van der Waals surface area contributed by atoms with Gasteiger partial charge in [0.1, 0.15) is 12.4 Å². The van der Waals surface area contributed by atoms with Crippen molar-refractivity contribution in [2.45, 2.75) is 31.9 Å². The molecule has 2 heteroatoms. The third-order valence-corrected chi connectivity index (χ3v) is 4.07. The standard InChI is InChI=1S/C18H21NO/c1-13(19)17-11-18(17)15-7-9-16(10-8-15)20-12-14-5-3-2-4-6-14/h2-10,13,17-18H,11-12,19H2,1H3/t13-,17-,18+/m0/s1. The lowest BCUT2D eigenvalue weighted by atomic mass is 10.1. The minimum absolute atomic E-state index is 0.300. The molecule has 0 amide bonds. The third-order valence-electron chi connectivity index (χ3n) is 4.07. The SMILES string of the molecule is C[C@H](N)[C@@H]1C[C@@H]1c1ccc(OCc2ccccc2)cc1. The molecule has 1 saturated carbocycles. The summed E-state index contributed by atoms with van der Waals surface area (Å²) >= 11 is 0. The van der Waals surface area contributed by atoms with E-state index in [1.54, 1.807) is 0 Å². The lowest BCUT2D eigenvalue weighted by Crippen LogP contribution is -2.17. The summed E-state index contributed by atoms with van der Waals surface area (Å²) in [7, 11) is 0. The van der Waals surface area contributed by atoms with E-state index in [0.717, 1.165) is 5.75 Å². The Bertz CT molecular complexity index is 547. The van der Waals surface area contributed by atoms with Gasteiger partial charge in [0.05, 0.1) is 0 Å². The van der Waals surface area contributed by atoms with Gasteiger partial charge in [-0.15, -0.1) is 0 Å². The summed E-state index contributed by atoms with van der Waals surface area (Å²) in [5.41, 5.74) is 8.52. The Balaban J connectivity index is 1.57. The van der Waals surface area contributed by atoms with Crippen molar-refractivity contribution >= 4 is 0 Å². The summed E-state index contributed by atoms with van der Waals surface area (Å²) in [4.78, 5) is 0. The molecule has 3 rings (SSSR count). The molecule has 0 bridgehead atoms. The molecule has 0 aliphatic heterocycles. The molecule has 2 N–H and O–H groups in total. The molecule has 3 atom stereocenters. The van der Waals surface area contributed by atoms with Crippen molar-refractivity contribution in [3.8, 4) is 5.75 Å². The van der Waals surface area contributed by atoms with E-state index in [0.29, 0.717) is 24.5 Å². The number of hydrogen-bond acceptors (Lipinski definition) is 2. The average molecular weight is 267 g/mol. The molecule has 2 aromatic carbocycles. The van der Waals surface area contributed by atoms with Crippen LogP contribution in [-0.2, 0) is 6.61 Å². The molecule has 0 spiro atoms. The molecule has 0 aromatic heterocycles. The van der Waals surface area contributed by atoms with Gasteiger partial charge in [-0.3, -0.25) is 0 Å². The molecular formula is C18H21NO. The van der Waals surface area contributed by atoms with E-state index >= 15 is 0 Å². The van der Waals surface area contributed by atoms with Gasteiger partial charge in [0.25, 0.3) is 0 Å². The molecule has 1 aliphatic carbocycles. The number of rotatable bonds is 5. The number of hydrogen-bond donors (Lipinski definition) is 1. The zero-order chi connectivity index (χ0) is 13.9. The number of benzene rings is 2. The van der Waals surface area contributed by atoms with Crippen molar-refractivity contribution < 1.29 is 4.74 Å². The predicted octanol–water partition coefficient (Wildman–Crippen LogP) is 3.72. The first-order valence-electron chi connectivity index (χ1n) is 7.26. The summed E-state index contributed by atoms with van der Waals surface area (Å²) < 4.78 is 5.80. The highest BCUT2D eigenvalue weighted by Crippen LogP contribution is 2.49. The van der Waals surface area contributed by atoms with Crippen molar-refractivity contribution in [1.82, 2.24) is 0 Å². The van der Waals surface area contributed by atoms with Crippen molar-refractivity contribution in [2.75, 3.05) is 0 Å². The van der Waals surface area contributed by atoms with Crippen molar-refractivity contribution in [2.24, 2.45) is 11.7 Å². The Hall–Kier alpha value is -1.80. The number of ether oxygens (including phenoxy) is 1. The minimum atomic E-state index is 0.300. The smallest absolute Gasteiger partial charge is 0.119 e. The van der Waals surface area contributed by atoms with Gasteiger partial charge >= 0.3 is 0 Å². The molecule has 2 nitrogen and oxygen atoms in total. The Morgan fingerprint density at radius 2 is 1.80 bits per heavy atom. The van der Waals surface area contributed by atoms with Gasteiger partial charge in [-0.25, -0.2) is 0 Å². The molecule has 1 aliphatic rings. The van der Waals surface area contributed by atoms with Crippen LogP contribution in [0.1, 0.15) is 30.4 Å². The lowest BCUT2D eigenvalue weighted by molar-refractivity contribution is 0.306. The monoisotopic (exact) mass is 267 g/mol. The first-order valence-corrected chi connectivity index (χ1v) is 7.26. The van der Waals surface area contributed by atoms with E-state index in [1.165, 1.54) is 17.5 Å². The molecule has 0 heterocycles. The van der Waals surface area contributed by atoms with E-state index in [4.69, 9.17) is 10.5 Å². The summed E-state index contributed by atoms with van der Waals surface area (Å²) in [6, 6.07) is 19.0. The fourth-order valence-corrected chi connectivity index (χ4v) is 2.73. The topological polar surface area (TPSA) is 35.2 Å². The molecule has 104 valence electrons. The predicted molar refractivity (Wildman–Crippen MR) is 81.7 cm³/mol. The Morgan fingerprint density at radius 3 is 2.40 bits per heavy atom. The normalized spacial score (nSPS) is 22.3. The second-order valence-corrected chi connectivity index (χ2v) is 5.71. The van der Waals surface area contributed by atoms with E-state index in [2.05, 4.69) is 43.3 Å². The Kier molecular flexibility index (Phi) is 3.75. The zero-order valence-corrected chi connectivity index (χ0v) is 11.8. The van der Waals surface area contributed by atoms with Gasteiger partial charge in [-0.1, -0.05) is 42.5 Å². The van der Waals surface area contributed by atoms with Crippen LogP contribution in [0, 0.1) is 5.92 Å². The van der Waals surface area contributed by atoms with E-state index in [1.807, 2.05) is 18.2 Å². The summed E-state index contributed by atoms with van der Waals surface area (Å²) in [5.74, 6) is 2.24. The average Bonchev–Trinajstić information content (AvgIpc) is 3.27. The highest BCUT2D eigenvalue weighted by atomic mass is 16.5. The Morgan fingerprint density at radius 1 is 1.10 bits per heavy atom. The Labute approximate surface area is 120 Å². The summed E-state index contributed by atoms with van der Waals surface area (Å²) in [5, 5.41) is 0. The maximum atomic E-state index is 5.94. The quantitative estimate of drug-likeness (QED) is 0.896. The van der Waals surface area contributed by atoms with Gasteiger partial charge in [-0.05, 0) is 48.4 Å². The van der Waals surface area contributed by atoms with Gasteiger partial charge in [-0.2, -0.15) is 0 Å². The molecular weight excluding hydrogens is 246 g/mol. The van der Waals surface area contributed by atoms with Crippen LogP contribution in [0.15, 0.2) is 54.6 Å². The van der Waals surface area contributed by atoms with Gasteiger partial charge in [0, 0.05) is 6.04 Å². The highest BCUT2D eigenvalue weighted by Gasteiger charge is 2.40. The van der Waals surface area contributed by atoms with E-state index in [9.17, 15) is 0 Å². The molecule has 0 unspecified atom stereocenters. The van der Waals surface area contributed by atoms with Crippen LogP contribution in [-0.4, -0.2) is 6.04 Å². The van der Waals surface area contributed by atoms with Gasteiger partial charge in [0.2, 0.25) is 0 Å². The molecule has 2 aromatic rings. The largest absolute Gasteiger partial charge is 0.489 e. The van der Waals surface area contributed by atoms with Gasteiger partial charge < -0.3 is 10.5 Å². The van der Waals surface area contributed by atoms with Crippen LogP contribution in [0.2, 0.25) is 0 Å². The number of nitrogens with two attached hydrogens (primary N) is 1. The van der Waals surface area contributed by atoms with E-state index in [-0.39, 0.29) is 0 Å². The maximum absolute atomic E-state index is 5.94. The first-order chi connectivity index (χ1) is 9.74. The molecule has 0 saturated heterocycles. The first kappa shape index (κ1) is 13.2. The second kappa shape index (κ2) is 5.68. The highest BCUT2D eigenvalue weighted by molar-refractivity contribution is 5.33. The minimum Gasteiger partial charge on any atom is -0.489 e. The van der Waals surface area contributed by atoms with Crippen LogP contribution in [0.5, 0.6) is 5.75 Å². The summed E-state index contributed by atoms with van der Waals surface area (Å²) in [6.45, 7) is 2.72. The molecule has 20 heavy (non-hydrogen) atoms. The maximum Gasteiger partial charge on any atom is 0.119 e. The molecule has 0 radical (unpaired) electrons. The zero-order valence-electron chi connectivity index (χ0n) is 11.8. The fourth-order valence-electron chi connectivity index (χ4n) is 2.73. The molecule has 1 fully saturated rings. The van der Waals surface area contributed by atoms with Crippen LogP contribution in [0.4, 0.5) is 0 Å². The van der Waals surface area contributed by atoms with Crippen molar-refractivity contribution in [3.05, 3.63) is 65.7 Å². The van der Waals surface area contributed by atoms with Crippen molar-refractivity contribution in [3.63, 3.8) is 0 Å². The van der Waals surface area contributed by atoms with Crippen LogP contribution in [0.25, 0.3) is 0 Å². The second-order valence-electron chi connectivity index (χ2n) is 5.71. The van der Waals surface area contributed by atoms with E-state index < -0.39 is 0 Å². The van der Waals surface area contributed by atoms with Gasteiger partial charge in [0.15, 0.2) is 0 Å². The van der Waals surface area contributed by atoms with Crippen LogP contribution >= 0.6 is 0 Å².